The number of nitrogens with zero attached hydrogens (tertiary/aromatic N) is 2. The van der Waals surface area contributed by atoms with E-state index in [1.54, 1.807) is 0 Å². The molecule has 0 aliphatic carbocycles. The van der Waals surface area contributed by atoms with Gasteiger partial charge in [0.1, 0.15) is 10.7 Å². The van der Waals surface area contributed by atoms with E-state index in [4.69, 9.17) is 4.74 Å². The monoisotopic (exact) mass is 445 g/mol. The fourth-order valence-electron chi connectivity index (χ4n) is 4.58. The highest BCUT2D eigenvalue weighted by Gasteiger charge is 2.36. The first-order valence-electron chi connectivity index (χ1n) is 11.2. The number of likely N-dealkylation sites (tertiary alicyclic amines) is 1. The van der Waals surface area contributed by atoms with E-state index in [2.05, 4.69) is 9.71 Å². The summed E-state index contributed by atoms with van der Waals surface area (Å²) in [6.07, 6.45) is 4.16. The number of benzene rings is 1. The molecule has 1 unspecified atom stereocenters. The van der Waals surface area contributed by atoms with Gasteiger partial charge < -0.3 is 15.0 Å². The fourth-order valence-corrected chi connectivity index (χ4v) is 6.11. The molecule has 1 amide bonds. The number of aryl methyl sites for hydroxylation is 1. The van der Waals surface area contributed by atoms with Crippen LogP contribution in [-0.2, 0) is 19.6 Å². The van der Waals surface area contributed by atoms with Gasteiger partial charge in [-0.2, -0.15) is 8.42 Å². The number of rotatable bonds is 5. The summed E-state index contributed by atoms with van der Waals surface area (Å²) in [5, 5.41) is 3.03. The van der Waals surface area contributed by atoms with Crippen LogP contribution < -0.4 is 5.32 Å². The van der Waals surface area contributed by atoms with Gasteiger partial charge in [-0.3, -0.25) is 4.79 Å². The molecule has 1 aromatic rings. The average Bonchev–Trinajstić information content (AvgIpc) is 3.38. The summed E-state index contributed by atoms with van der Waals surface area (Å²) >= 11 is 0. The zero-order valence-corrected chi connectivity index (χ0v) is 19.1. The summed E-state index contributed by atoms with van der Waals surface area (Å²) in [6.45, 7) is 6.54. The van der Waals surface area contributed by atoms with Gasteiger partial charge in [0.25, 0.3) is 10.0 Å². The van der Waals surface area contributed by atoms with Crippen molar-refractivity contribution in [2.45, 2.75) is 52.1 Å². The minimum absolute atomic E-state index is 0.0538. The van der Waals surface area contributed by atoms with Crippen molar-refractivity contribution in [2.75, 3.05) is 26.2 Å². The molecule has 7 nitrogen and oxygen atoms in total. The largest absolute Gasteiger partial charge is 0.376 e. The second-order valence-electron chi connectivity index (χ2n) is 8.56. The minimum Gasteiger partial charge on any atom is -0.376 e. The standard InChI is InChI=1S/C23H31N3O4S/c1-3-20-21(17-8-6-16(2)7-9-17)31(28,29)25-22(20)26-12-10-18(11-13-26)23(27)24-15-19-5-4-14-30-19/h6-9,18-19H,3-5,10-15H2,1-2H3,(H,24,27). The van der Waals surface area contributed by atoms with Crippen LogP contribution in [0.15, 0.2) is 34.2 Å². The predicted octanol–water partition coefficient (Wildman–Crippen LogP) is 2.87. The topological polar surface area (TPSA) is 88.1 Å². The number of hydrogen-bond donors (Lipinski definition) is 1. The number of carbonyl (C=O) groups excluding carboxylic acids is 1. The lowest BCUT2D eigenvalue weighted by Gasteiger charge is -2.33. The molecule has 1 aromatic carbocycles. The number of sulfonamides is 1. The van der Waals surface area contributed by atoms with Gasteiger partial charge in [-0.1, -0.05) is 36.8 Å². The molecule has 4 rings (SSSR count). The highest BCUT2D eigenvalue weighted by Crippen LogP contribution is 2.36. The van der Waals surface area contributed by atoms with Gasteiger partial charge in [-0.15, -0.1) is 4.40 Å². The van der Waals surface area contributed by atoms with Crippen molar-refractivity contribution >= 4 is 26.7 Å². The average molecular weight is 446 g/mol. The second kappa shape index (κ2) is 9.12. The number of amidine groups is 1. The zero-order chi connectivity index (χ0) is 22.0. The molecule has 3 heterocycles. The van der Waals surface area contributed by atoms with Crippen LogP contribution in [0.3, 0.4) is 0 Å². The molecule has 3 aliphatic rings. The molecule has 1 atom stereocenters. The summed E-state index contributed by atoms with van der Waals surface area (Å²) in [7, 11) is -3.73. The van der Waals surface area contributed by atoms with Crippen LogP contribution in [0, 0.1) is 12.8 Å². The van der Waals surface area contributed by atoms with Crippen molar-refractivity contribution in [2.24, 2.45) is 10.3 Å². The first kappa shape index (κ1) is 22.0. The highest BCUT2D eigenvalue weighted by molar-refractivity contribution is 8.00. The third kappa shape index (κ3) is 4.70. The number of nitrogens with one attached hydrogen (secondary N) is 1. The van der Waals surface area contributed by atoms with E-state index in [1.165, 1.54) is 0 Å². The van der Waals surface area contributed by atoms with E-state index in [1.807, 2.05) is 43.0 Å². The van der Waals surface area contributed by atoms with Gasteiger partial charge in [0.15, 0.2) is 0 Å². The molecule has 168 valence electrons. The van der Waals surface area contributed by atoms with E-state index in [-0.39, 0.29) is 17.9 Å². The summed E-state index contributed by atoms with van der Waals surface area (Å²) < 4.78 is 35.5. The van der Waals surface area contributed by atoms with Crippen molar-refractivity contribution in [3.8, 4) is 0 Å². The SMILES string of the molecule is CCC1=C(c2ccc(C)cc2)S(=O)(=O)N=C1N1CCC(C(=O)NCC2CCCO2)CC1. The molecule has 0 radical (unpaired) electrons. The summed E-state index contributed by atoms with van der Waals surface area (Å²) in [5.41, 5.74) is 2.54. The van der Waals surface area contributed by atoms with Crippen molar-refractivity contribution in [1.29, 1.82) is 0 Å². The lowest BCUT2D eigenvalue weighted by atomic mass is 9.94. The predicted molar refractivity (Wildman–Crippen MR) is 121 cm³/mol. The molecule has 0 aromatic heterocycles. The molecular formula is C23H31N3O4S. The molecule has 0 spiro atoms. The van der Waals surface area contributed by atoms with Crippen LogP contribution in [0.25, 0.3) is 4.91 Å². The normalized spacial score (nSPS) is 23.9. The van der Waals surface area contributed by atoms with Gasteiger partial charge in [0.2, 0.25) is 5.91 Å². The van der Waals surface area contributed by atoms with Crippen LogP contribution in [0.2, 0.25) is 0 Å². The Kier molecular flexibility index (Phi) is 6.48. The fraction of sp³-hybridized carbons (Fsp3) is 0.565. The molecule has 0 bridgehead atoms. The molecule has 0 saturated carbocycles. The van der Waals surface area contributed by atoms with E-state index in [0.717, 1.165) is 30.6 Å². The Morgan fingerprint density at radius 2 is 1.90 bits per heavy atom. The third-order valence-corrected chi connectivity index (χ3v) is 7.78. The number of hydrogen-bond acceptors (Lipinski definition) is 5. The van der Waals surface area contributed by atoms with Crippen LogP contribution in [-0.4, -0.2) is 57.4 Å². The number of ether oxygens (including phenoxy) is 1. The van der Waals surface area contributed by atoms with Crippen molar-refractivity contribution in [1.82, 2.24) is 10.2 Å². The van der Waals surface area contributed by atoms with Crippen LogP contribution in [0.5, 0.6) is 0 Å². The van der Waals surface area contributed by atoms with Gasteiger partial charge in [0, 0.05) is 37.7 Å². The second-order valence-corrected chi connectivity index (χ2v) is 10.1. The Morgan fingerprint density at radius 1 is 1.19 bits per heavy atom. The van der Waals surface area contributed by atoms with Crippen molar-refractivity contribution in [3.05, 3.63) is 41.0 Å². The van der Waals surface area contributed by atoms with Gasteiger partial charge in [-0.05, 0) is 44.6 Å². The van der Waals surface area contributed by atoms with Crippen molar-refractivity contribution in [3.63, 3.8) is 0 Å². The van der Waals surface area contributed by atoms with Crippen molar-refractivity contribution < 1.29 is 17.9 Å². The maximum absolute atomic E-state index is 12.9. The molecule has 3 aliphatic heterocycles. The maximum Gasteiger partial charge on any atom is 0.285 e. The molecule has 1 N–H and O–H groups in total. The molecule has 31 heavy (non-hydrogen) atoms. The Balaban J connectivity index is 1.44. The first-order chi connectivity index (χ1) is 14.9. The Morgan fingerprint density at radius 3 is 2.52 bits per heavy atom. The van der Waals surface area contributed by atoms with E-state index in [0.29, 0.717) is 55.2 Å². The quantitative estimate of drug-likeness (QED) is 0.753. The van der Waals surface area contributed by atoms with E-state index in [9.17, 15) is 13.2 Å². The summed E-state index contributed by atoms with van der Waals surface area (Å²) in [4.78, 5) is 14.9. The lowest BCUT2D eigenvalue weighted by molar-refractivity contribution is -0.126. The van der Waals surface area contributed by atoms with Gasteiger partial charge in [-0.25, -0.2) is 0 Å². The molecule has 2 saturated heterocycles. The number of amides is 1. The van der Waals surface area contributed by atoms with Crippen LogP contribution in [0.1, 0.15) is 50.2 Å². The summed E-state index contributed by atoms with van der Waals surface area (Å²) in [6, 6.07) is 7.54. The Bertz CT molecular complexity index is 984. The highest BCUT2D eigenvalue weighted by atomic mass is 32.2. The maximum atomic E-state index is 12.9. The Labute approximate surface area is 184 Å². The molecular weight excluding hydrogens is 414 g/mol. The number of carbonyl (C=O) groups is 1. The summed E-state index contributed by atoms with van der Waals surface area (Å²) in [5.74, 6) is 0.570. The molecule has 2 fully saturated rings. The van der Waals surface area contributed by atoms with Gasteiger partial charge >= 0.3 is 0 Å². The third-order valence-electron chi connectivity index (χ3n) is 6.37. The number of piperidine rings is 1. The Hall–Kier alpha value is -2.19. The van der Waals surface area contributed by atoms with Crippen LogP contribution in [0.4, 0.5) is 0 Å². The smallest absolute Gasteiger partial charge is 0.285 e. The van der Waals surface area contributed by atoms with E-state index < -0.39 is 10.0 Å². The zero-order valence-electron chi connectivity index (χ0n) is 18.3. The van der Waals surface area contributed by atoms with Crippen LogP contribution >= 0.6 is 0 Å². The lowest BCUT2D eigenvalue weighted by Crippen LogP contribution is -2.44. The van der Waals surface area contributed by atoms with E-state index >= 15 is 0 Å². The van der Waals surface area contributed by atoms with Gasteiger partial charge in [0.05, 0.1) is 6.10 Å². The molecule has 8 heteroatoms. The minimum atomic E-state index is -3.73. The first-order valence-corrected chi connectivity index (χ1v) is 12.6.